The normalized spacial score (nSPS) is 17.8. The van der Waals surface area contributed by atoms with E-state index in [0.717, 1.165) is 37.4 Å². The summed E-state index contributed by atoms with van der Waals surface area (Å²) < 4.78 is 0. The second-order valence-corrected chi connectivity index (χ2v) is 5.77. The van der Waals surface area contributed by atoms with Gasteiger partial charge < -0.3 is 10.2 Å². The van der Waals surface area contributed by atoms with Crippen molar-refractivity contribution in [2.24, 2.45) is 0 Å². The SMILES string of the molecule is N#Cc1cc(Cl)cc(N2CCCC(Nc3ccncn3)C2)c1. The standard InChI is InChI=1S/C16H16ClN5/c17-13-6-12(9-18)7-15(8-13)22-5-1-2-14(10-22)21-16-3-4-19-11-20-16/h3-4,6-8,11,14H,1-2,5,10H2,(H,19,20,21). The van der Waals surface area contributed by atoms with Gasteiger partial charge in [-0.1, -0.05) is 11.6 Å². The van der Waals surface area contributed by atoms with Crippen LogP contribution in [0.25, 0.3) is 0 Å². The highest BCUT2D eigenvalue weighted by molar-refractivity contribution is 6.31. The van der Waals surface area contributed by atoms with Gasteiger partial charge in [0.2, 0.25) is 0 Å². The van der Waals surface area contributed by atoms with Crippen LogP contribution >= 0.6 is 11.6 Å². The summed E-state index contributed by atoms with van der Waals surface area (Å²) in [6.07, 6.45) is 5.44. The number of nitrogens with zero attached hydrogens (tertiary/aromatic N) is 4. The van der Waals surface area contributed by atoms with Crippen molar-refractivity contribution in [3.05, 3.63) is 47.4 Å². The monoisotopic (exact) mass is 313 g/mol. The van der Waals surface area contributed by atoms with Crippen LogP contribution in [-0.4, -0.2) is 29.1 Å². The predicted molar refractivity (Wildman–Crippen MR) is 87.1 cm³/mol. The number of piperidine rings is 1. The first-order chi connectivity index (χ1) is 10.7. The first-order valence-corrected chi connectivity index (χ1v) is 7.60. The van der Waals surface area contributed by atoms with Gasteiger partial charge in [0.15, 0.2) is 0 Å². The summed E-state index contributed by atoms with van der Waals surface area (Å²) in [4.78, 5) is 10.4. The molecule has 5 nitrogen and oxygen atoms in total. The molecule has 6 heteroatoms. The molecule has 2 heterocycles. The molecule has 22 heavy (non-hydrogen) atoms. The van der Waals surface area contributed by atoms with Crippen molar-refractivity contribution in [2.75, 3.05) is 23.3 Å². The van der Waals surface area contributed by atoms with Crippen LogP contribution in [0.1, 0.15) is 18.4 Å². The number of benzene rings is 1. The zero-order chi connectivity index (χ0) is 15.4. The maximum absolute atomic E-state index is 9.08. The minimum absolute atomic E-state index is 0.313. The molecule has 1 atom stereocenters. The maximum Gasteiger partial charge on any atom is 0.129 e. The van der Waals surface area contributed by atoms with Gasteiger partial charge in [-0.25, -0.2) is 9.97 Å². The highest BCUT2D eigenvalue weighted by Gasteiger charge is 2.21. The van der Waals surface area contributed by atoms with Crippen LogP contribution in [0.4, 0.5) is 11.5 Å². The Balaban J connectivity index is 1.73. The summed E-state index contributed by atoms with van der Waals surface area (Å²) in [7, 11) is 0. The molecular formula is C16H16ClN5. The highest BCUT2D eigenvalue weighted by Crippen LogP contribution is 2.26. The maximum atomic E-state index is 9.08. The van der Waals surface area contributed by atoms with Crippen molar-refractivity contribution in [3.8, 4) is 6.07 Å². The van der Waals surface area contributed by atoms with E-state index in [2.05, 4.69) is 26.3 Å². The molecule has 0 aliphatic carbocycles. The van der Waals surface area contributed by atoms with E-state index in [1.165, 1.54) is 0 Å². The van der Waals surface area contributed by atoms with Crippen LogP contribution < -0.4 is 10.2 Å². The van der Waals surface area contributed by atoms with Crippen LogP contribution in [-0.2, 0) is 0 Å². The van der Waals surface area contributed by atoms with Crippen molar-refractivity contribution in [1.29, 1.82) is 5.26 Å². The average molecular weight is 314 g/mol. The third-order valence-electron chi connectivity index (χ3n) is 3.73. The molecule has 3 rings (SSSR count). The molecule has 0 radical (unpaired) electrons. The fourth-order valence-electron chi connectivity index (χ4n) is 2.74. The lowest BCUT2D eigenvalue weighted by molar-refractivity contribution is 0.529. The Hall–Kier alpha value is -2.32. The molecule has 1 aliphatic rings. The topological polar surface area (TPSA) is 64.8 Å². The van der Waals surface area contributed by atoms with Gasteiger partial charge in [-0.05, 0) is 37.1 Å². The summed E-state index contributed by atoms with van der Waals surface area (Å²) in [5.74, 6) is 0.839. The smallest absolute Gasteiger partial charge is 0.129 e. The molecule has 0 bridgehead atoms. The highest BCUT2D eigenvalue weighted by atomic mass is 35.5. The predicted octanol–water partition coefficient (Wildman–Crippen LogP) is 3.08. The zero-order valence-electron chi connectivity index (χ0n) is 12.0. The summed E-state index contributed by atoms with van der Waals surface area (Å²) in [6, 6.07) is 9.82. The molecule has 1 unspecified atom stereocenters. The number of hydrogen-bond acceptors (Lipinski definition) is 5. The molecule has 0 amide bonds. The van der Waals surface area contributed by atoms with Crippen LogP contribution in [0.2, 0.25) is 5.02 Å². The molecule has 0 saturated carbocycles. The summed E-state index contributed by atoms with van der Waals surface area (Å²) in [6.45, 7) is 1.82. The van der Waals surface area contributed by atoms with E-state index >= 15 is 0 Å². The van der Waals surface area contributed by atoms with E-state index in [9.17, 15) is 0 Å². The third-order valence-corrected chi connectivity index (χ3v) is 3.95. The molecule has 1 N–H and O–H groups in total. The van der Waals surface area contributed by atoms with Crippen LogP contribution in [0.15, 0.2) is 36.8 Å². The van der Waals surface area contributed by atoms with Crippen LogP contribution in [0, 0.1) is 11.3 Å². The fourth-order valence-corrected chi connectivity index (χ4v) is 2.97. The van der Waals surface area contributed by atoms with E-state index in [0.29, 0.717) is 16.6 Å². The van der Waals surface area contributed by atoms with Gasteiger partial charge in [0.1, 0.15) is 12.1 Å². The molecule has 112 valence electrons. The van der Waals surface area contributed by atoms with E-state index < -0.39 is 0 Å². The Bertz CT molecular complexity index is 683. The summed E-state index contributed by atoms with van der Waals surface area (Å²) >= 11 is 6.10. The average Bonchev–Trinajstić information content (AvgIpc) is 2.55. The van der Waals surface area contributed by atoms with Crippen LogP contribution in [0.3, 0.4) is 0 Å². The van der Waals surface area contributed by atoms with Crippen molar-refractivity contribution >= 4 is 23.1 Å². The van der Waals surface area contributed by atoms with E-state index in [-0.39, 0.29) is 0 Å². The molecule has 1 aromatic heterocycles. The second-order valence-electron chi connectivity index (χ2n) is 5.33. The van der Waals surface area contributed by atoms with Gasteiger partial charge in [0, 0.05) is 36.0 Å². The Labute approximate surface area is 134 Å². The Morgan fingerprint density at radius 3 is 3.05 bits per heavy atom. The number of hydrogen-bond donors (Lipinski definition) is 1. The van der Waals surface area contributed by atoms with Crippen molar-refractivity contribution < 1.29 is 0 Å². The Morgan fingerprint density at radius 2 is 2.27 bits per heavy atom. The van der Waals surface area contributed by atoms with E-state index in [1.54, 1.807) is 18.6 Å². The third kappa shape index (κ3) is 3.46. The number of nitrogens with one attached hydrogen (secondary N) is 1. The number of rotatable bonds is 3. The van der Waals surface area contributed by atoms with Crippen molar-refractivity contribution in [1.82, 2.24) is 9.97 Å². The first kappa shape index (κ1) is 14.6. The molecular weight excluding hydrogens is 298 g/mol. The van der Waals surface area contributed by atoms with Gasteiger partial charge in [-0.2, -0.15) is 5.26 Å². The molecule has 1 saturated heterocycles. The number of anilines is 2. The van der Waals surface area contributed by atoms with Gasteiger partial charge >= 0.3 is 0 Å². The van der Waals surface area contributed by atoms with E-state index in [1.807, 2.05) is 18.2 Å². The fraction of sp³-hybridized carbons (Fsp3) is 0.312. The molecule has 1 fully saturated rings. The minimum Gasteiger partial charge on any atom is -0.369 e. The van der Waals surface area contributed by atoms with Gasteiger partial charge in [-0.3, -0.25) is 0 Å². The van der Waals surface area contributed by atoms with Gasteiger partial charge in [-0.15, -0.1) is 0 Å². The lowest BCUT2D eigenvalue weighted by Crippen LogP contribution is -2.42. The lowest BCUT2D eigenvalue weighted by Gasteiger charge is -2.35. The molecule has 1 aliphatic heterocycles. The van der Waals surface area contributed by atoms with Gasteiger partial charge in [0.05, 0.1) is 11.6 Å². The second kappa shape index (κ2) is 6.63. The van der Waals surface area contributed by atoms with Crippen LogP contribution in [0.5, 0.6) is 0 Å². The van der Waals surface area contributed by atoms with Crippen molar-refractivity contribution in [2.45, 2.75) is 18.9 Å². The van der Waals surface area contributed by atoms with Crippen molar-refractivity contribution in [3.63, 3.8) is 0 Å². The number of halogens is 1. The molecule has 0 spiro atoms. The van der Waals surface area contributed by atoms with E-state index in [4.69, 9.17) is 16.9 Å². The molecule has 1 aromatic carbocycles. The molecule has 2 aromatic rings. The van der Waals surface area contributed by atoms with Gasteiger partial charge in [0.25, 0.3) is 0 Å². The zero-order valence-corrected chi connectivity index (χ0v) is 12.8. The lowest BCUT2D eigenvalue weighted by atomic mass is 10.0. The Morgan fingerprint density at radius 1 is 1.36 bits per heavy atom. The first-order valence-electron chi connectivity index (χ1n) is 7.23. The number of nitriles is 1. The Kier molecular flexibility index (Phi) is 4.40. The largest absolute Gasteiger partial charge is 0.369 e. The summed E-state index contributed by atoms with van der Waals surface area (Å²) in [5.41, 5.74) is 1.59. The minimum atomic E-state index is 0.313. The quantitative estimate of drug-likeness (QED) is 0.943. The summed E-state index contributed by atoms with van der Waals surface area (Å²) in [5, 5.41) is 13.1. The number of aromatic nitrogens is 2.